The minimum atomic E-state index is 0.240. The molecule has 1 unspecified atom stereocenters. The van der Waals surface area contributed by atoms with Crippen LogP contribution in [0.3, 0.4) is 0 Å². The van der Waals surface area contributed by atoms with Crippen molar-refractivity contribution in [1.82, 2.24) is 9.97 Å². The lowest BCUT2D eigenvalue weighted by Crippen LogP contribution is -2.21. The highest BCUT2D eigenvalue weighted by molar-refractivity contribution is 5.37. The van der Waals surface area contributed by atoms with Crippen LogP contribution < -0.4 is 0 Å². The fraction of sp³-hybridized carbons (Fsp3) is 0.615. The number of imidazole rings is 1. The Bertz CT molecular complexity index is 314. The molecule has 0 bridgehead atoms. The summed E-state index contributed by atoms with van der Waals surface area (Å²) in [6, 6.07) is 0. The third-order valence-corrected chi connectivity index (χ3v) is 3.30. The quantitative estimate of drug-likeness (QED) is 0.751. The molecule has 1 rings (SSSR count). The van der Waals surface area contributed by atoms with Crippen LogP contribution in [0.5, 0.6) is 0 Å². The zero-order valence-corrected chi connectivity index (χ0v) is 10.1. The van der Waals surface area contributed by atoms with Gasteiger partial charge < -0.3 is 4.98 Å². The smallest absolute Gasteiger partial charge is 0.129 e. The maximum Gasteiger partial charge on any atom is 0.129 e. The van der Waals surface area contributed by atoms with Gasteiger partial charge in [-0.15, -0.1) is 0 Å². The van der Waals surface area contributed by atoms with Gasteiger partial charge in [0.1, 0.15) is 5.82 Å². The zero-order valence-electron chi connectivity index (χ0n) is 10.1. The van der Waals surface area contributed by atoms with E-state index in [0.29, 0.717) is 0 Å². The van der Waals surface area contributed by atoms with Crippen molar-refractivity contribution in [3.8, 4) is 0 Å². The van der Waals surface area contributed by atoms with Crippen LogP contribution >= 0.6 is 0 Å². The van der Waals surface area contributed by atoms with Gasteiger partial charge in [-0.25, -0.2) is 4.98 Å². The monoisotopic (exact) mass is 206 g/mol. The van der Waals surface area contributed by atoms with E-state index < -0.39 is 0 Å². The summed E-state index contributed by atoms with van der Waals surface area (Å²) in [6.45, 7) is 10.5. The molecule has 0 aromatic carbocycles. The summed E-state index contributed by atoms with van der Waals surface area (Å²) >= 11 is 0. The number of nitrogens with one attached hydrogen (secondary N) is 1. The molecule has 0 saturated carbocycles. The van der Waals surface area contributed by atoms with Crippen LogP contribution in [-0.2, 0) is 5.41 Å². The summed E-state index contributed by atoms with van der Waals surface area (Å²) in [7, 11) is 0. The van der Waals surface area contributed by atoms with Crippen molar-refractivity contribution in [2.45, 2.75) is 51.9 Å². The standard InChI is InChI=1S/C13H22N2/c1-5-8-9-13(4,7-3)11-10-14-12(6-2)15-11/h6,10H,2,5,7-9H2,1,3-4H3,(H,14,15). The van der Waals surface area contributed by atoms with Gasteiger partial charge >= 0.3 is 0 Å². The average molecular weight is 206 g/mol. The Hall–Kier alpha value is -1.05. The number of hydrogen-bond donors (Lipinski definition) is 1. The van der Waals surface area contributed by atoms with E-state index in [1.54, 1.807) is 6.08 Å². The van der Waals surface area contributed by atoms with Crippen LogP contribution in [0.2, 0.25) is 0 Å². The predicted molar refractivity (Wildman–Crippen MR) is 65.8 cm³/mol. The van der Waals surface area contributed by atoms with E-state index in [9.17, 15) is 0 Å². The Balaban J connectivity index is 2.84. The van der Waals surface area contributed by atoms with Gasteiger partial charge in [0, 0.05) is 17.3 Å². The molecule has 0 saturated heterocycles. The lowest BCUT2D eigenvalue weighted by Gasteiger charge is -2.26. The van der Waals surface area contributed by atoms with Crippen LogP contribution in [0, 0.1) is 0 Å². The molecule has 0 aliphatic rings. The topological polar surface area (TPSA) is 28.7 Å². The van der Waals surface area contributed by atoms with Gasteiger partial charge in [0.05, 0.1) is 0 Å². The van der Waals surface area contributed by atoms with Crippen molar-refractivity contribution in [2.75, 3.05) is 0 Å². The van der Waals surface area contributed by atoms with E-state index in [4.69, 9.17) is 0 Å². The molecule has 0 aliphatic carbocycles. The second-order valence-corrected chi connectivity index (χ2v) is 4.40. The first kappa shape index (κ1) is 12.0. The number of rotatable bonds is 6. The molecule has 1 heterocycles. The summed E-state index contributed by atoms with van der Waals surface area (Å²) in [5.41, 5.74) is 1.48. The molecule has 0 spiro atoms. The van der Waals surface area contributed by atoms with E-state index in [2.05, 4.69) is 37.3 Å². The van der Waals surface area contributed by atoms with Crippen molar-refractivity contribution in [3.63, 3.8) is 0 Å². The number of unbranched alkanes of at least 4 members (excludes halogenated alkanes) is 1. The maximum absolute atomic E-state index is 4.28. The van der Waals surface area contributed by atoms with Gasteiger partial charge in [-0.05, 0) is 18.9 Å². The highest BCUT2D eigenvalue weighted by atomic mass is 14.9. The third kappa shape index (κ3) is 2.71. The van der Waals surface area contributed by atoms with Crippen LogP contribution in [0.15, 0.2) is 12.8 Å². The summed E-state index contributed by atoms with van der Waals surface area (Å²) < 4.78 is 0. The fourth-order valence-electron chi connectivity index (χ4n) is 1.82. The molecule has 2 heteroatoms. The van der Waals surface area contributed by atoms with Crippen LogP contribution in [0.25, 0.3) is 6.08 Å². The number of hydrogen-bond acceptors (Lipinski definition) is 1. The first-order valence-electron chi connectivity index (χ1n) is 5.84. The Kier molecular flexibility index (Phi) is 4.13. The number of nitrogens with zero attached hydrogens (tertiary/aromatic N) is 1. The van der Waals surface area contributed by atoms with Gasteiger partial charge in [-0.3, -0.25) is 0 Å². The Morgan fingerprint density at radius 3 is 2.73 bits per heavy atom. The number of aromatic amines is 1. The molecule has 2 nitrogen and oxygen atoms in total. The van der Waals surface area contributed by atoms with Crippen molar-refractivity contribution in [2.24, 2.45) is 0 Å². The van der Waals surface area contributed by atoms with Crippen LogP contribution in [0.4, 0.5) is 0 Å². The predicted octanol–water partition coefficient (Wildman–Crippen LogP) is 3.91. The first-order valence-corrected chi connectivity index (χ1v) is 5.84. The molecule has 0 amide bonds. The Morgan fingerprint density at radius 2 is 2.27 bits per heavy atom. The van der Waals surface area contributed by atoms with E-state index in [0.717, 1.165) is 12.2 Å². The molecule has 1 atom stereocenters. The molecule has 0 fully saturated rings. The minimum Gasteiger partial charge on any atom is -0.342 e. The second-order valence-electron chi connectivity index (χ2n) is 4.40. The van der Waals surface area contributed by atoms with E-state index in [-0.39, 0.29) is 5.41 Å². The van der Waals surface area contributed by atoms with Crippen molar-refractivity contribution >= 4 is 6.08 Å². The summed E-state index contributed by atoms with van der Waals surface area (Å²) in [5.74, 6) is 0.876. The van der Waals surface area contributed by atoms with Crippen molar-refractivity contribution in [1.29, 1.82) is 0 Å². The normalized spacial score (nSPS) is 14.9. The fourth-order valence-corrected chi connectivity index (χ4v) is 1.82. The third-order valence-electron chi connectivity index (χ3n) is 3.30. The first-order chi connectivity index (χ1) is 7.16. The highest BCUT2D eigenvalue weighted by Gasteiger charge is 2.25. The maximum atomic E-state index is 4.28. The van der Waals surface area contributed by atoms with E-state index in [1.165, 1.54) is 25.0 Å². The number of aromatic nitrogens is 2. The van der Waals surface area contributed by atoms with Gasteiger partial charge in [0.15, 0.2) is 0 Å². The molecular weight excluding hydrogens is 184 g/mol. The van der Waals surface area contributed by atoms with E-state index >= 15 is 0 Å². The highest BCUT2D eigenvalue weighted by Crippen LogP contribution is 2.31. The Morgan fingerprint density at radius 1 is 1.53 bits per heavy atom. The largest absolute Gasteiger partial charge is 0.342 e. The van der Waals surface area contributed by atoms with Gasteiger partial charge in [-0.1, -0.05) is 40.2 Å². The molecule has 0 radical (unpaired) electrons. The molecule has 84 valence electrons. The number of H-pyrrole nitrogens is 1. The molecule has 1 aromatic heterocycles. The van der Waals surface area contributed by atoms with Gasteiger partial charge in [0.2, 0.25) is 0 Å². The van der Waals surface area contributed by atoms with Gasteiger partial charge in [0.25, 0.3) is 0 Å². The van der Waals surface area contributed by atoms with E-state index in [1.807, 2.05) is 6.20 Å². The molecular formula is C13H22N2. The van der Waals surface area contributed by atoms with Crippen LogP contribution in [0.1, 0.15) is 58.0 Å². The molecule has 1 aromatic rings. The molecule has 1 N–H and O–H groups in total. The zero-order chi connectivity index (χ0) is 11.3. The Labute approximate surface area is 92.8 Å². The summed E-state index contributed by atoms with van der Waals surface area (Å²) in [4.78, 5) is 7.62. The summed E-state index contributed by atoms with van der Waals surface area (Å²) in [5, 5.41) is 0. The average Bonchev–Trinajstić information content (AvgIpc) is 2.75. The molecule has 15 heavy (non-hydrogen) atoms. The minimum absolute atomic E-state index is 0.240. The summed E-state index contributed by atoms with van der Waals surface area (Å²) in [6.07, 6.45) is 8.60. The lowest BCUT2D eigenvalue weighted by atomic mass is 9.80. The van der Waals surface area contributed by atoms with Crippen molar-refractivity contribution < 1.29 is 0 Å². The van der Waals surface area contributed by atoms with Gasteiger partial charge in [-0.2, -0.15) is 0 Å². The molecule has 0 aliphatic heterocycles. The SMILES string of the molecule is C=Cc1ncc(C(C)(CC)CCCC)[nH]1. The van der Waals surface area contributed by atoms with Crippen LogP contribution in [-0.4, -0.2) is 9.97 Å². The van der Waals surface area contributed by atoms with Crippen molar-refractivity contribution in [3.05, 3.63) is 24.3 Å². The lowest BCUT2D eigenvalue weighted by molar-refractivity contribution is 0.394. The second kappa shape index (κ2) is 5.15.